The molecule has 4 nitrogen and oxygen atoms in total. The Morgan fingerprint density at radius 2 is 2.05 bits per heavy atom. The van der Waals surface area contributed by atoms with Crippen molar-refractivity contribution >= 4 is 37.7 Å². The van der Waals surface area contributed by atoms with Crippen molar-refractivity contribution in [3.63, 3.8) is 0 Å². The molecule has 1 N–H and O–H groups in total. The Hall–Kier alpha value is -0.0800. The van der Waals surface area contributed by atoms with Gasteiger partial charge < -0.3 is 5.11 Å². The number of halogens is 1. The number of hydrogen-bond acceptors (Lipinski definition) is 4. The van der Waals surface area contributed by atoms with E-state index >= 15 is 0 Å². The molecule has 120 valence electrons. The third-order valence-corrected chi connectivity index (χ3v) is 7.44. The van der Waals surface area contributed by atoms with E-state index in [2.05, 4.69) is 15.9 Å². The lowest BCUT2D eigenvalue weighted by Gasteiger charge is -2.25. The minimum Gasteiger partial charge on any atom is -0.392 e. The van der Waals surface area contributed by atoms with Gasteiger partial charge in [-0.1, -0.05) is 6.07 Å². The Balaban J connectivity index is 3.21. The highest BCUT2D eigenvalue weighted by atomic mass is 79.9. The van der Waals surface area contributed by atoms with E-state index in [0.717, 1.165) is 17.7 Å². The molecule has 1 atom stereocenters. The minimum atomic E-state index is -3.59. The second kappa shape index (κ2) is 7.97. The largest absolute Gasteiger partial charge is 0.392 e. The van der Waals surface area contributed by atoms with Gasteiger partial charge in [0.2, 0.25) is 10.0 Å². The Morgan fingerprint density at radius 1 is 1.43 bits per heavy atom. The van der Waals surface area contributed by atoms with Gasteiger partial charge in [-0.15, -0.1) is 0 Å². The van der Waals surface area contributed by atoms with Crippen LogP contribution in [0.3, 0.4) is 0 Å². The molecule has 0 aliphatic heterocycles. The third kappa shape index (κ3) is 4.45. The van der Waals surface area contributed by atoms with Gasteiger partial charge in [-0.25, -0.2) is 8.42 Å². The average Bonchev–Trinajstić information content (AvgIpc) is 2.46. The summed E-state index contributed by atoms with van der Waals surface area (Å²) in [6, 6.07) is 3.23. The van der Waals surface area contributed by atoms with Crippen LogP contribution in [0.15, 0.2) is 21.5 Å². The first kappa shape index (κ1) is 19.0. The molecule has 1 aromatic rings. The van der Waals surface area contributed by atoms with Crippen LogP contribution in [0.4, 0.5) is 0 Å². The van der Waals surface area contributed by atoms with Crippen molar-refractivity contribution < 1.29 is 13.5 Å². The van der Waals surface area contributed by atoms with Crippen molar-refractivity contribution in [3.05, 3.63) is 27.7 Å². The maximum Gasteiger partial charge on any atom is 0.244 e. The summed E-state index contributed by atoms with van der Waals surface area (Å²) in [6.45, 7) is 3.55. The zero-order chi connectivity index (χ0) is 16.2. The van der Waals surface area contributed by atoms with Gasteiger partial charge in [-0.2, -0.15) is 16.1 Å². The van der Waals surface area contributed by atoms with Crippen molar-refractivity contribution in [1.82, 2.24) is 4.31 Å². The third-order valence-electron chi connectivity index (χ3n) is 3.48. The van der Waals surface area contributed by atoms with Crippen LogP contribution in [-0.4, -0.2) is 42.9 Å². The number of thioether (sulfide) groups is 1. The molecule has 0 amide bonds. The molecular weight excluding hydrogens is 374 g/mol. The number of sulfonamides is 1. The van der Waals surface area contributed by atoms with Gasteiger partial charge in [0.05, 0.1) is 11.5 Å². The van der Waals surface area contributed by atoms with Gasteiger partial charge in [0.25, 0.3) is 0 Å². The van der Waals surface area contributed by atoms with Gasteiger partial charge in [-0.05, 0) is 65.4 Å². The summed E-state index contributed by atoms with van der Waals surface area (Å²) in [4.78, 5) is 0.213. The van der Waals surface area contributed by atoms with Crippen LogP contribution in [-0.2, 0) is 16.6 Å². The van der Waals surface area contributed by atoms with Crippen LogP contribution in [0.5, 0.6) is 0 Å². The van der Waals surface area contributed by atoms with E-state index in [9.17, 15) is 13.5 Å². The molecule has 0 aromatic heterocycles. The van der Waals surface area contributed by atoms with E-state index in [1.807, 2.05) is 20.1 Å². The molecule has 1 aromatic carbocycles. The van der Waals surface area contributed by atoms with Gasteiger partial charge in [0.1, 0.15) is 0 Å². The zero-order valence-electron chi connectivity index (χ0n) is 12.8. The average molecular weight is 396 g/mol. The molecule has 0 saturated carbocycles. The topological polar surface area (TPSA) is 57.6 Å². The van der Waals surface area contributed by atoms with Crippen molar-refractivity contribution in [3.8, 4) is 0 Å². The predicted molar refractivity (Wildman–Crippen MR) is 92.2 cm³/mol. The Morgan fingerprint density at radius 3 is 2.57 bits per heavy atom. The fourth-order valence-electron chi connectivity index (χ4n) is 1.95. The zero-order valence-corrected chi connectivity index (χ0v) is 16.0. The molecule has 1 rings (SSSR count). The predicted octanol–water partition coefficient (Wildman–Crippen LogP) is 3.01. The van der Waals surface area contributed by atoms with E-state index in [-0.39, 0.29) is 17.5 Å². The van der Waals surface area contributed by atoms with Crippen LogP contribution in [0.25, 0.3) is 0 Å². The van der Waals surface area contributed by atoms with Crippen molar-refractivity contribution in [2.24, 2.45) is 0 Å². The monoisotopic (exact) mass is 395 g/mol. The number of aliphatic hydroxyl groups is 1. The molecule has 21 heavy (non-hydrogen) atoms. The molecule has 0 bridgehead atoms. The van der Waals surface area contributed by atoms with E-state index in [4.69, 9.17) is 0 Å². The fraction of sp³-hybridized carbons (Fsp3) is 0.571. The molecule has 0 fully saturated rings. The highest BCUT2D eigenvalue weighted by Gasteiger charge is 2.28. The van der Waals surface area contributed by atoms with Crippen LogP contribution in [0.1, 0.15) is 24.5 Å². The number of benzene rings is 1. The molecule has 0 spiro atoms. The Labute approximate surface area is 140 Å². The lowest BCUT2D eigenvalue weighted by molar-refractivity contribution is 0.281. The molecule has 0 radical (unpaired) electrons. The minimum absolute atomic E-state index is 0.0764. The van der Waals surface area contributed by atoms with Gasteiger partial charge in [0.15, 0.2) is 0 Å². The molecule has 0 heterocycles. The van der Waals surface area contributed by atoms with Crippen LogP contribution in [0.2, 0.25) is 0 Å². The standard InChI is InChI=1S/C14H22BrNO3S2/c1-10-7-12(9-17)8-13(14(10)15)21(18,19)16(3)11(2)5-6-20-4/h7-8,11,17H,5-6,9H2,1-4H3. The first-order chi connectivity index (χ1) is 9.75. The first-order valence-electron chi connectivity index (χ1n) is 6.62. The molecule has 0 aliphatic carbocycles. The normalized spacial score (nSPS) is 13.7. The molecule has 0 saturated heterocycles. The maximum atomic E-state index is 12.8. The summed E-state index contributed by atoms with van der Waals surface area (Å²) in [5, 5.41) is 9.28. The summed E-state index contributed by atoms with van der Waals surface area (Å²) in [7, 11) is -1.98. The van der Waals surface area contributed by atoms with Crippen molar-refractivity contribution in [1.29, 1.82) is 0 Å². The Kier molecular flexibility index (Phi) is 7.19. The van der Waals surface area contributed by atoms with Gasteiger partial charge >= 0.3 is 0 Å². The summed E-state index contributed by atoms with van der Waals surface area (Å²) in [6.07, 6.45) is 2.80. The number of rotatable bonds is 7. The van der Waals surface area contributed by atoms with Gasteiger partial charge in [-0.3, -0.25) is 0 Å². The summed E-state index contributed by atoms with van der Waals surface area (Å²) in [5.74, 6) is 0.915. The van der Waals surface area contributed by atoms with Crippen LogP contribution in [0, 0.1) is 6.92 Å². The van der Waals surface area contributed by atoms with E-state index in [1.165, 1.54) is 10.4 Å². The van der Waals surface area contributed by atoms with E-state index in [0.29, 0.717) is 10.0 Å². The molecular formula is C14H22BrNO3S2. The van der Waals surface area contributed by atoms with Crippen molar-refractivity contribution in [2.45, 2.75) is 37.8 Å². The maximum absolute atomic E-state index is 12.8. The Bertz CT molecular complexity index is 590. The van der Waals surface area contributed by atoms with E-state index < -0.39 is 10.0 Å². The van der Waals surface area contributed by atoms with Crippen LogP contribution >= 0.6 is 27.7 Å². The summed E-state index contributed by atoms with van der Waals surface area (Å²) in [5.41, 5.74) is 1.39. The van der Waals surface area contributed by atoms with E-state index in [1.54, 1.807) is 24.9 Å². The fourth-order valence-corrected chi connectivity index (χ4v) is 4.95. The lowest BCUT2D eigenvalue weighted by Crippen LogP contribution is -2.35. The second-order valence-corrected chi connectivity index (χ2v) is 8.78. The number of aryl methyl sites for hydroxylation is 1. The number of hydrogen-bond donors (Lipinski definition) is 1. The highest BCUT2D eigenvalue weighted by Crippen LogP contribution is 2.30. The second-order valence-electron chi connectivity index (χ2n) is 5.03. The lowest BCUT2D eigenvalue weighted by atomic mass is 10.1. The van der Waals surface area contributed by atoms with Gasteiger partial charge in [0, 0.05) is 17.6 Å². The van der Waals surface area contributed by atoms with Crippen LogP contribution < -0.4 is 0 Å². The molecule has 7 heteroatoms. The first-order valence-corrected chi connectivity index (χ1v) is 10.2. The molecule has 1 unspecified atom stereocenters. The highest BCUT2D eigenvalue weighted by molar-refractivity contribution is 9.10. The SMILES string of the molecule is CSCCC(C)N(C)S(=O)(=O)c1cc(CO)cc(C)c1Br. The summed E-state index contributed by atoms with van der Waals surface area (Å²) < 4.78 is 27.5. The number of nitrogens with zero attached hydrogens (tertiary/aromatic N) is 1. The smallest absolute Gasteiger partial charge is 0.244 e. The number of aliphatic hydroxyl groups excluding tert-OH is 1. The summed E-state index contributed by atoms with van der Waals surface area (Å²) >= 11 is 5.06. The van der Waals surface area contributed by atoms with Crippen molar-refractivity contribution in [2.75, 3.05) is 19.1 Å². The molecule has 0 aliphatic rings. The quantitative estimate of drug-likeness (QED) is 0.770.